The van der Waals surface area contributed by atoms with Crippen LogP contribution in [0.5, 0.6) is 0 Å². The fourth-order valence-electron chi connectivity index (χ4n) is 2.55. The molecule has 0 heterocycles. The molecule has 0 radical (unpaired) electrons. The first kappa shape index (κ1) is 20.9. The van der Waals surface area contributed by atoms with Crippen molar-refractivity contribution in [2.45, 2.75) is 59.0 Å². The second kappa shape index (κ2) is 10.6. The van der Waals surface area contributed by atoms with Crippen LogP contribution in [0.3, 0.4) is 0 Å². The molecule has 0 aromatic heterocycles. The first-order chi connectivity index (χ1) is 10.0. The van der Waals surface area contributed by atoms with Gasteiger partial charge in [0.1, 0.15) is 0 Å². The molecule has 0 aliphatic heterocycles. The highest BCUT2D eigenvalue weighted by Crippen LogP contribution is 2.26. The summed E-state index contributed by atoms with van der Waals surface area (Å²) in [6, 6.07) is 10.3. The second-order valence-corrected chi connectivity index (χ2v) is 5.87. The molecule has 0 aliphatic carbocycles. The van der Waals surface area contributed by atoms with Gasteiger partial charge in [0.2, 0.25) is 5.91 Å². The maximum absolute atomic E-state index is 12.8. The molecule has 0 bridgehead atoms. The summed E-state index contributed by atoms with van der Waals surface area (Å²) in [6.07, 6.45) is 3.04. The first-order valence-corrected chi connectivity index (χ1v) is 8.13. The molecular formula is C18H31ClN2O. The van der Waals surface area contributed by atoms with Crippen molar-refractivity contribution in [1.29, 1.82) is 0 Å². The molecule has 0 fully saturated rings. The highest BCUT2D eigenvalue weighted by Gasteiger charge is 2.28. The topological polar surface area (TPSA) is 46.3 Å². The number of nitrogens with two attached hydrogens (primary N) is 1. The van der Waals surface area contributed by atoms with Crippen molar-refractivity contribution in [3.63, 3.8) is 0 Å². The van der Waals surface area contributed by atoms with Gasteiger partial charge >= 0.3 is 0 Å². The number of hydrogen-bond acceptors (Lipinski definition) is 2. The largest absolute Gasteiger partial charge is 0.335 e. The van der Waals surface area contributed by atoms with Crippen molar-refractivity contribution in [1.82, 2.24) is 4.90 Å². The number of rotatable bonds is 8. The van der Waals surface area contributed by atoms with Gasteiger partial charge in [0.15, 0.2) is 0 Å². The molecule has 1 aromatic carbocycles. The van der Waals surface area contributed by atoms with Gasteiger partial charge in [0, 0.05) is 12.6 Å². The summed E-state index contributed by atoms with van der Waals surface area (Å²) in [6.45, 7) is 8.94. The van der Waals surface area contributed by atoms with Crippen molar-refractivity contribution in [3.8, 4) is 0 Å². The van der Waals surface area contributed by atoms with E-state index in [1.54, 1.807) is 0 Å². The van der Waals surface area contributed by atoms with E-state index in [-0.39, 0.29) is 36.3 Å². The Hall–Kier alpha value is -1.06. The van der Waals surface area contributed by atoms with Gasteiger partial charge < -0.3 is 10.6 Å². The van der Waals surface area contributed by atoms with E-state index in [0.29, 0.717) is 0 Å². The second-order valence-electron chi connectivity index (χ2n) is 5.87. The van der Waals surface area contributed by atoms with E-state index in [1.807, 2.05) is 36.9 Å². The third kappa shape index (κ3) is 5.62. The summed E-state index contributed by atoms with van der Waals surface area (Å²) in [5, 5.41) is 0. The molecule has 1 aromatic rings. The summed E-state index contributed by atoms with van der Waals surface area (Å²) in [5.74, 6) is 0.0359. The Morgan fingerprint density at radius 3 is 2.23 bits per heavy atom. The minimum absolute atomic E-state index is 0. The van der Waals surface area contributed by atoms with Crippen LogP contribution in [0.25, 0.3) is 0 Å². The number of halogens is 1. The molecule has 1 rings (SSSR count). The third-order valence-electron chi connectivity index (χ3n) is 4.16. The van der Waals surface area contributed by atoms with E-state index in [4.69, 9.17) is 5.73 Å². The Morgan fingerprint density at radius 2 is 1.77 bits per heavy atom. The number of hydrogen-bond donors (Lipinski definition) is 1. The smallest absolute Gasteiger partial charge is 0.227 e. The van der Waals surface area contributed by atoms with Gasteiger partial charge in [0.25, 0.3) is 0 Å². The van der Waals surface area contributed by atoms with Gasteiger partial charge in [-0.25, -0.2) is 0 Å². The van der Waals surface area contributed by atoms with Gasteiger partial charge in [-0.3, -0.25) is 4.79 Å². The number of carbonyl (C=O) groups excluding carboxylic acids is 1. The molecule has 22 heavy (non-hydrogen) atoms. The quantitative estimate of drug-likeness (QED) is 0.779. The number of unbranched alkanes of at least 4 members (excludes halogenated alkanes) is 1. The minimum Gasteiger partial charge on any atom is -0.335 e. The Labute approximate surface area is 141 Å². The summed E-state index contributed by atoms with van der Waals surface area (Å²) in [5.41, 5.74) is 7.15. The van der Waals surface area contributed by atoms with Crippen LogP contribution in [0, 0.1) is 5.92 Å². The van der Waals surface area contributed by atoms with Crippen LogP contribution in [0.15, 0.2) is 30.3 Å². The van der Waals surface area contributed by atoms with Crippen LogP contribution in [0.2, 0.25) is 0 Å². The Bertz CT molecular complexity index is 422. The van der Waals surface area contributed by atoms with Crippen LogP contribution >= 0.6 is 12.4 Å². The van der Waals surface area contributed by atoms with Gasteiger partial charge in [-0.15, -0.1) is 12.4 Å². The van der Waals surface area contributed by atoms with E-state index in [0.717, 1.165) is 25.8 Å². The monoisotopic (exact) mass is 326 g/mol. The van der Waals surface area contributed by atoms with E-state index in [9.17, 15) is 4.79 Å². The normalized spacial score (nSPS) is 14.6. The average Bonchev–Trinajstić information content (AvgIpc) is 2.50. The van der Waals surface area contributed by atoms with Crippen molar-refractivity contribution < 1.29 is 4.79 Å². The van der Waals surface area contributed by atoms with Crippen LogP contribution < -0.4 is 5.73 Å². The lowest BCUT2D eigenvalue weighted by atomic mass is 9.97. The van der Waals surface area contributed by atoms with Gasteiger partial charge in [-0.05, 0) is 25.3 Å². The zero-order valence-electron chi connectivity index (χ0n) is 14.3. The van der Waals surface area contributed by atoms with Crippen LogP contribution in [-0.4, -0.2) is 23.4 Å². The van der Waals surface area contributed by atoms with E-state index >= 15 is 0 Å². The molecule has 126 valence electrons. The Balaban J connectivity index is 0.00000441. The number of carbonyl (C=O) groups is 1. The Kier molecular flexibility index (Phi) is 10.1. The first-order valence-electron chi connectivity index (χ1n) is 8.13. The van der Waals surface area contributed by atoms with Crippen molar-refractivity contribution in [3.05, 3.63) is 35.9 Å². The molecule has 1 amide bonds. The molecule has 0 saturated carbocycles. The molecule has 2 N–H and O–H groups in total. The van der Waals surface area contributed by atoms with Gasteiger partial charge in [-0.2, -0.15) is 0 Å². The third-order valence-corrected chi connectivity index (χ3v) is 4.16. The van der Waals surface area contributed by atoms with Crippen molar-refractivity contribution in [2.24, 2.45) is 11.7 Å². The van der Waals surface area contributed by atoms with Crippen LogP contribution in [-0.2, 0) is 4.79 Å². The zero-order chi connectivity index (χ0) is 15.8. The van der Waals surface area contributed by atoms with E-state index in [1.165, 1.54) is 5.56 Å². The SMILES string of the molecule is CCCCN(C(=O)C(C)C(C)N)C(CC)c1ccccc1.Cl. The Morgan fingerprint density at radius 1 is 1.18 bits per heavy atom. The highest BCUT2D eigenvalue weighted by atomic mass is 35.5. The molecular weight excluding hydrogens is 296 g/mol. The zero-order valence-corrected chi connectivity index (χ0v) is 15.1. The number of benzene rings is 1. The predicted molar refractivity (Wildman–Crippen MR) is 96.2 cm³/mol. The van der Waals surface area contributed by atoms with Crippen molar-refractivity contribution in [2.75, 3.05) is 6.54 Å². The molecule has 0 aliphatic rings. The van der Waals surface area contributed by atoms with E-state index < -0.39 is 0 Å². The van der Waals surface area contributed by atoms with Crippen LogP contribution in [0.4, 0.5) is 0 Å². The summed E-state index contributed by atoms with van der Waals surface area (Å²) < 4.78 is 0. The number of nitrogens with zero attached hydrogens (tertiary/aromatic N) is 1. The van der Waals surface area contributed by atoms with Gasteiger partial charge in [0.05, 0.1) is 12.0 Å². The molecule has 3 nitrogen and oxygen atoms in total. The minimum atomic E-state index is -0.139. The predicted octanol–water partition coefficient (Wildman–Crippen LogP) is 4.17. The molecule has 4 heteroatoms. The van der Waals surface area contributed by atoms with E-state index in [2.05, 4.69) is 26.0 Å². The molecule has 0 saturated heterocycles. The fourth-order valence-corrected chi connectivity index (χ4v) is 2.55. The molecule has 3 atom stereocenters. The lowest BCUT2D eigenvalue weighted by Gasteiger charge is -2.34. The summed E-state index contributed by atoms with van der Waals surface area (Å²) >= 11 is 0. The standard InChI is InChI=1S/C18H30N2O.ClH/c1-5-7-13-20(18(21)14(3)15(4)19)17(6-2)16-11-9-8-10-12-16;/h8-12,14-15,17H,5-7,13,19H2,1-4H3;1H. The maximum Gasteiger partial charge on any atom is 0.227 e. The summed E-state index contributed by atoms with van der Waals surface area (Å²) in [4.78, 5) is 14.8. The summed E-state index contributed by atoms with van der Waals surface area (Å²) in [7, 11) is 0. The number of amides is 1. The molecule has 0 spiro atoms. The molecule has 3 unspecified atom stereocenters. The maximum atomic E-state index is 12.8. The van der Waals surface area contributed by atoms with Crippen molar-refractivity contribution >= 4 is 18.3 Å². The lowest BCUT2D eigenvalue weighted by Crippen LogP contribution is -2.43. The van der Waals surface area contributed by atoms with Gasteiger partial charge in [-0.1, -0.05) is 57.5 Å². The van der Waals surface area contributed by atoms with Crippen LogP contribution in [0.1, 0.15) is 58.6 Å². The fraction of sp³-hybridized carbons (Fsp3) is 0.611. The average molecular weight is 327 g/mol. The lowest BCUT2D eigenvalue weighted by molar-refractivity contribution is -0.138. The highest BCUT2D eigenvalue weighted by molar-refractivity contribution is 5.85.